The third-order valence-electron chi connectivity index (χ3n) is 3.39. The van der Waals surface area contributed by atoms with Gasteiger partial charge in [0.2, 0.25) is 0 Å². The number of rotatable bonds is 4. The molecule has 0 fully saturated rings. The number of halogens is 1. The zero-order chi connectivity index (χ0) is 13.9. The third-order valence-corrected chi connectivity index (χ3v) is 3.39. The molecular formula is C14H14FN3O2. The Morgan fingerprint density at radius 1 is 1.35 bits per heavy atom. The van der Waals surface area contributed by atoms with E-state index in [2.05, 4.69) is 10.2 Å². The van der Waals surface area contributed by atoms with Gasteiger partial charge in [0.05, 0.1) is 5.56 Å². The molecule has 1 aliphatic heterocycles. The van der Waals surface area contributed by atoms with Gasteiger partial charge in [-0.2, -0.15) is 0 Å². The van der Waals surface area contributed by atoms with Gasteiger partial charge in [-0.3, -0.25) is 4.79 Å². The van der Waals surface area contributed by atoms with Gasteiger partial charge in [0.1, 0.15) is 24.0 Å². The molecule has 0 unspecified atom stereocenters. The first kappa shape index (κ1) is 12.8. The Bertz CT molecular complexity index is 639. The summed E-state index contributed by atoms with van der Waals surface area (Å²) >= 11 is 0. The third kappa shape index (κ3) is 2.41. The standard InChI is InChI=1S/C14H14FN3O2/c15-11-4-5-12(10(7-11)8-19)20-9-14-17-16-13-3-1-2-6-18(13)14/h4-5,7-8H,1-3,6,9H2. The van der Waals surface area contributed by atoms with Crippen LogP contribution in [-0.4, -0.2) is 21.1 Å². The molecular weight excluding hydrogens is 261 g/mol. The summed E-state index contributed by atoms with van der Waals surface area (Å²) in [4.78, 5) is 10.9. The Morgan fingerprint density at radius 3 is 3.10 bits per heavy atom. The van der Waals surface area contributed by atoms with Crippen molar-refractivity contribution in [2.75, 3.05) is 0 Å². The van der Waals surface area contributed by atoms with Gasteiger partial charge in [-0.1, -0.05) is 0 Å². The van der Waals surface area contributed by atoms with E-state index in [1.165, 1.54) is 12.1 Å². The van der Waals surface area contributed by atoms with Gasteiger partial charge in [-0.15, -0.1) is 10.2 Å². The Labute approximate surface area is 115 Å². The van der Waals surface area contributed by atoms with Crippen LogP contribution in [0.25, 0.3) is 0 Å². The summed E-state index contributed by atoms with van der Waals surface area (Å²) < 4.78 is 20.7. The predicted octanol–water partition coefficient (Wildman–Crippen LogP) is 2.15. The van der Waals surface area contributed by atoms with Crippen molar-refractivity contribution >= 4 is 6.29 Å². The first-order valence-corrected chi connectivity index (χ1v) is 6.56. The maximum Gasteiger partial charge on any atom is 0.171 e. The molecule has 104 valence electrons. The van der Waals surface area contributed by atoms with Crippen LogP contribution in [0.5, 0.6) is 5.75 Å². The van der Waals surface area contributed by atoms with E-state index in [0.29, 0.717) is 12.0 Å². The van der Waals surface area contributed by atoms with Crippen molar-refractivity contribution in [3.8, 4) is 5.75 Å². The summed E-state index contributed by atoms with van der Waals surface area (Å²) in [6, 6.07) is 3.87. The van der Waals surface area contributed by atoms with Crippen molar-refractivity contribution in [2.45, 2.75) is 32.4 Å². The van der Waals surface area contributed by atoms with E-state index >= 15 is 0 Å². The van der Waals surface area contributed by atoms with Crippen LogP contribution < -0.4 is 4.74 Å². The average molecular weight is 275 g/mol. The summed E-state index contributed by atoms with van der Waals surface area (Å²) in [6.45, 7) is 1.12. The van der Waals surface area contributed by atoms with Gasteiger partial charge in [-0.25, -0.2) is 4.39 Å². The lowest BCUT2D eigenvalue weighted by atomic mass is 10.2. The molecule has 0 N–H and O–H groups in total. The van der Waals surface area contributed by atoms with Crippen LogP contribution >= 0.6 is 0 Å². The lowest BCUT2D eigenvalue weighted by Crippen LogP contribution is -2.14. The average Bonchev–Trinajstić information content (AvgIpc) is 2.89. The zero-order valence-corrected chi connectivity index (χ0v) is 10.9. The highest BCUT2D eigenvalue weighted by atomic mass is 19.1. The van der Waals surface area contributed by atoms with Gasteiger partial charge >= 0.3 is 0 Å². The van der Waals surface area contributed by atoms with Crippen molar-refractivity contribution in [1.29, 1.82) is 0 Å². The lowest BCUT2D eigenvalue weighted by Gasteiger charge is -2.15. The number of aromatic nitrogens is 3. The van der Waals surface area contributed by atoms with E-state index in [-0.39, 0.29) is 12.2 Å². The maximum absolute atomic E-state index is 13.0. The summed E-state index contributed by atoms with van der Waals surface area (Å²) in [7, 11) is 0. The number of carbonyl (C=O) groups excluding carboxylic acids is 1. The monoisotopic (exact) mass is 275 g/mol. The second-order valence-electron chi connectivity index (χ2n) is 4.73. The second kappa shape index (κ2) is 5.40. The number of carbonyl (C=O) groups is 1. The van der Waals surface area contributed by atoms with Crippen molar-refractivity contribution in [1.82, 2.24) is 14.8 Å². The Kier molecular flexibility index (Phi) is 3.45. The first-order valence-electron chi connectivity index (χ1n) is 6.56. The van der Waals surface area contributed by atoms with Crippen LogP contribution in [0.4, 0.5) is 4.39 Å². The molecule has 6 heteroatoms. The zero-order valence-electron chi connectivity index (χ0n) is 10.9. The molecule has 5 nitrogen and oxygen atoms in total. The van der Waals surface area contributed by atoms with Gasteiger partial charge in [-0.05, 0) is 31.0 Å². The van der Waals surface area contributed by atoms with E-state index in [4.69, 9.17) is 4.74 Å². The van der Waals surface area contributed by atoms with Crippen LogP contribution in [-0.2, 0) is 19.6 Å². The fourth-order valence-electron chi connectivity index (χ4n) is 2.36. The van der Waals surface area contributed by atoms with Crippen molar-refractivity contribution in [2.24, 2.45) is 0 Å². The molecule has 1 aromatic carbocycles. The van der Waals surface area contributed by atoms with Crippen LogP contribution in [0, 0.1) is 5.82 Å². The Balaban J connectivity index is 1.77. The molecule has 20 heavy (non-hydrogen) atoms. The molecule has 2 aromatic rings. The Hall–Kier alpha value is -2.24. The maximum atomic E-state index is 13.0. The lowest BCUT2D eigenvalue weighted by molar-refractivity contribution is 0.111. The second-order valence-corrected chi connectivity index (χ2v) is 4.73. The normalized spacial score (nSPS) is 13.8. The van der Waals surface area contributed by atoms with Gasteiger partial charge in [0, 0.05) is 13.0 Å². The largest absolute Gasteiger partial charge is 0.485 e. The number of nitrogens with zero attached hydrogens (tertiary/aromatic N) is 3. The summed E-state index contributed by atoms with van der Waals surface area (Å²) in [6.07, 6.45) is 3.75. The highest BCUT2D eigenvalue weighted by Crippen LogP contribution is 2.20. The van der Waals surface area contributed by atoms with Crippen molar-refractivity contribution < 1.29 is 13.9 Å². The van der Waals surface area contributed by atoms with Crippen LogP contribution in [0.3, 0.4) is 0 Å². The van der Waals surface area contributed by atoms with Crippen LogP contribution in [0.2, 0.25) is 0 Å². The smallest absolute Gasteiger partial charge is 0.171 e. The minimum absolute atomic E-state index is 0.198. The van der Waals surface area contributed by atoms with Gasteiger partial charge in [0.15, 0.2) is 12.1 Å². The minimum atomic E-state index is -0.459. The quantitative estimate of drug-likeness (QED) is 0.802. The topological polar surface area (TPSA) is 57.0 Å². The van der Waals surface area contributed by atoms with E-state index in [1.54, 1.807) is 0 Å². The molecule has 0 radical (unpaired) electrons. The highest BCUT2D eigenvalue weighted by molar-refractivity contribution is 5.79. The van der Waals surface area contributed by atoms with Crippen LogP contribution in [0.1, 0.15) is 34.8 Å². The summed E-state index contributed by atoms with van der Waals surface area (Å²) in [5.74, 6) is 1.61. The number of fused-ring (bicyclic) bond motifs is 1. The van der Waals surface area contributed by atoms with E-state index in [9.17, 15) is 9.18 Å². The molecule has 0 saturated carbocycles. The molecule has 1 aromatic heterocycles. The summed E-state index contributed by atoms with van der Waals surface area (Å²) in [5.41, 5.74) is 0.198. The highest BCUT2D eigenvalue weighted by Gasteiger charge is 2.16. The number of hydrogen-bond acceptors (Lipinski definition) is 4. The molecule has 0 aliphatic carbocycles. The van der Waals surface area contributed by atoms with Gasteiger partial charge < -0.3 is 9.30 Å². The van der Waals surface area contributed by atoms with E-state index in [0.717, 1.165) is 43.5 Å². The number of aryl methyl sites for hydroxylation is 1. The van der Waals surface area contributed by atoms with Crippen molar-refractivity contribution in [3.05, 3.63) is 41.2 Å². The number of benzene rings is 1. The van der Waals surface area contributed by atoms with Crippen LogP contribution in [0.15, 0.2) is 18.2 Å². The fourth-order valence-corrected chi connectivity index (χ4v) is 2.36. The number of hydrogen-bond donors (Lipinski definition) is 0. The molecule has 0 atom stereocenters. The Morgan fingerprint density at radius 2 is 2.25 bits per heavy atom. The molecule has 0 spiro atoms. The fraction of sp³-hybridized carbons (Fsp3) is 0.357. The number of ether oxygens (including phenoxy) is 1. The molecule has 2 heterocycles. The first-order chi connectivity index (χ1) is 9.78. The van der Waals surface area contributed by atoms with Gasteiger partial charge in [0.25, 0.3) is 0 Å². The number of aldehydes is 1. The molecule has 3 rings (SSSR count). The summed E-state index contributed by atoms with van der Waals surface area (Å²) in [5, 5.41) is 8.24. The molecule has 1 aliphatic rings. The molecule has 0 bridgehead atoms. The van der Waals surface area contributed by atoms with E-state index in [1.807, 2.05) is 4.57 Å². The predicted molar refractivity (Wildman–Crippen MR) is 69.1 cm³/mol. The minimum Gasteiger partial charge on any atom is -0.485 e. The molecule has 0 saturated heterocycles. The molecule has 0 amide bonds. The van der Waals surface area contributed by atoms with Crippen molar-refractivity contribution in [3.63, 3.8) is 0 Å². The SMILES string of the molecule is O=Cc1cc(F)ccc1OCc1nnc2n1CCCC2. The van der Waals surface area contributed by atoms with E-state index < -0.39 is 5.82 Å².